The Morgan fingerprint density at radius 2 is 1.88 bits per heavy atom. The molecule has 33 heavy (non-hydrogen) atoms. The van der Waals surface area contributed by atoms with Crippen molar-refractivity contribution >= 4 is 22.7 Å². The van der Waals surface area contributed by atoms with Gasteiger partial charge >= 0.3 is 6.96 Å². The first-order chi connectivity index (χ1) is 14.8. The van der Waals surface area contributed by atoms with Gasteiger partial charge in [0, 0.05) is 49.7 Å². The molecule has 2 heterocycles. The lowest BCUT2D eigenvalue weighted by atomic mass is 10.0. The van der Waals surface area contributed by atoms with E-state index in [0.29, 0.717) is 0 Å². The summed E-state index contributed by atoms with van der Waals surface area (Å²) >= 11 is 0. The van der Waals surface area contributed by atoms with Crippen molar-refractivity contribution in [3.63, 3.8) is 0 Å². The molecule has 1 aromatic heterocycles. The molecule has 180 valence electrons. The van der Waals surface area contributed by atoms with E-state index in [-0.39, 0.29) is 37.3 Å². The second kappa shape index (κ2) is 9.04. The van der Waals surface area contributed by atoms with Gasteiger partial charge in [-0.15, -0.1) is 0 Å². The van der Waals surface area contributed by atoms with E-state index in [9.17, 15) is 32.0 Å². The van der Waals surface area contributed by atoms with Gasteiger partial charge in [-0.25, -0.2) is 17.2 Å². The molecule has 0 amide bonds. The highest BCUT2D eigenvalue weighted by Crippen LogP contribution is 2.30. The molecule has 0 fully saturated rings. The zero-order chi connectivity index (χ0) is 23.9. The van der Waals surface area contributed by atoms with Gasteiger partial charge in [-0.05, 0) is 25.5 Å². The lowest BCUT2D eigenvalue weighted by molar-refractivity contribution is 0.102. The van der Waals surface area contributed by atoms with Crippen molar-refractivity contribution in [3.05, 3.63) is 59.9 Å². The summed E-state index contributed by atoms with van der Waals surface area (Å²) < 4.78 is 66.6. The quantitative estimate of drug-likeness (QED) is 0.439. The van der Waals surface area contributed by atoms with Crippen molar-refractivity contribution in [1.29, 1.82) is 0 Å². The highest BCUT2D eigenvalue weighted by atomic mass is 32.2. The molecule has 3 rings (SSSR count). The first kappa shape index (κ1) is 26.2. The molecule has 1 unspecified atom stereocenters. The normalized spacial score (nSPS) is 16.6. The van der Waals surface area contributed by atoms with Gasteiger partial charge in [0.25, 0.3) is 5.56 Å². The molecule has 1 atom stereocenters. The first-order valence-electron chi connectivity index (χ1n) is 9.24. The molecular formula is C19H23BF2N2O8S. The fourth-order valence-corrected chi connectivity index (χ4v) is 3.94. The zero-order valence-corrected chi connectivity index (χ0v) is 19.1. The maximum atomic E-state index is 14.7. The van der Waals surface area contributed by atoms with Crippen LogP contribution in [0, 0.1) is 19.1 Å². The molecule has 0 aliphatic carbocycles. The third-order valence-corrected chi connectivity index (χ3v) is 7.20. The van der Waals surface area contributed by atoms with E-state index in [0.717, 1.165) is 29.2 Å². The summed E-state index contributed by atoms with van der Waals surface area (Å²) in [5, 5.41) is 22.0. The smallest absolute Gasteiger partial charge is 0.620 e. The summed E-state index contributed by atoms with van der Waals surface area (Å²) in [6, 6.07) is 4.62. The molecule has 0 spiro atoms. The summed E-state index contributed by atoms with van der Waals surface area (Å²) in [6.45, 7) is -2.93. The molecule has 1 aliphatic rings. The minimum Gasteiger partial charge on any atom is -0.620 e. The van der Waals surface area contributed by atoms with Crippen LogP contribution in [0.2, 0.25) is 0 Å². The maximum Gasteiger partial charge on any atom is 0.668 e. The van der Waals surface area contributed by atoms with E-state index < -0.39 is 44.6 Å². The number of oxime groups is 1. The SMILES string of the molecule is COc1ccc(-c2cc(=O)n(CCC(C)(C3=NO[B-](O)(O)O3)S(C)(=O)=O)cc2F)c(F)c1.[CH3+]. The zero-order valence-electron chi connectivity index (χ0n) is 18.3. The van der Waals surface area contributed by atoms with Crippen molar-refractivity contribution in [2.75, 3.05) is 13.4 Å². The molecule has 10 nitrogen and oxygen atoms in total. The number of nitrogens with zero attached hydrogens (tertiary/aromatic N) is 2. The predicted molar refractivity (Wildman–Crippen MR) is 117 cm³/mol. The van der Waals surface area contributed by atoms with Crippen LogP contribution in [0.1, 0.15) is 13.3 Å². The monoisotopic (exact) mass is 488 g/mol. The molecule has 1 aliphatic heterocycles. The Labute approximate surface area is 189 Å². The number of benzene rings is 1. The standard InChI is InChI=1S/C18H20BF2N2O8S.CH3/c1-18(32(3,27)28,17-22-31-19(25,26)30-17)6-7-23-10-15(21)13(9-16(23)24)12-5-4-11(29-2)8-14(12)20;/h4-5,8-10,25-26H,6-7H2,1-3H3;1H3/q-1;+1. The summed E-state index contributed by atoms with van der Waals surface area (Å²) in [6.07, 6.45) is 1.33. The Kier molecular flexibility index (Phi) is 7.16. The number of sulfone groups is 1. The molecule has 2 N–H and O–H groups in total. The molecular weight excluding hydrogens is 465 g/mol. The van der Waals surface area contributed by atoms with Crippen LogP contribution in [0.25, 0.3) is 11.1 Å². The molecule has 1 aromatic carbocycles. The van der Waals surface area contributed by atoms with Crippen LogP contribution in [-0.2, 0) is 25.8 Å². The van der Waals surface area contributed by atoms with Crippen molar-refractivity contribution in [2.24, 2.45) is 5.16 Å². The predicted octanol–water partition coefficient (Wildman–Crippen LogP) is 1.23. The average Bonchev–Trinajstić information content (AvgIpc) is 3.07. The Morgan fingerprint density at radius 3 is 2.39 bits per heavy atom. The molecule has 0 saturated heterocycles. The van der Waals surface area contributed by atoms with E-state index in [2.05, 4.69) is 9.91 Å². The number of methoxy groups -OCH3 is 1. The third kappa shape index (κ3) is 5.12. The average molecular weight is 488 g/mol. The van der Waals surface area contributed by atoms with Crippen LogP contribution in [0.4, 0.5) is 8.78 Å². The number of hydrogen-bond acceptors (Lipinski definition) is 9. The molecule has 0 radical (unpaired) electrons. The fourth-order valence-electron chi connectivity index (χ4n) is 3.08. The van der Waals surface area contributed by atoms with E-state index in [4.69, 9.17) is 9.39 Å². The summed E-state index contributed by atoms with van der Waals surface area (Å²) in [5.74, 6) is -2.10. The maximum absolute atomic E-state index is 14.7. The van der Waals surface area contributed by atoms with Crippen molar-refractivity contribution in [2.45, 2.75) is 24.6 Å². The Morgan fingerprint density at radius 1 is 1.21 bits per heavy atom. The molecule has 0 saturated carbocycles. The molecule has 2 aromatic rings. The van der Waals surface area contributed by atoms with Gasteiger partial charge in [0.1, 0.15) is 22.1 Å². The summed E-state index contributed by atoms with van der Waals surface area (Å²) in [4.78, 5) is 12.5. The van der Waals surface area contributed by atoms with Gasteiger partial charge in [0.2, 0.25) is 0 Å². The summed E-state index contributed by atoms with van der Waals surface area (Å²) in [7, 11) is -2.63. The van der Waals surface area contributed by atoms with Crippen LogP contribution in [0.5, 0.6) is 5.75 Å². The Balaban J connectivity index is 0.00000385. The first-order valence-corrected chi connectivity index (χ1v) is 11.1. The van der Waals surface area contributed by atoms with Gasteiger partial charge in [-0.2, -0.15) is 0 Å². The third-order valence-electron chi connectivity index (χ3n) is 5.18. The number of aromatic nitrogens is 1. The largest absolute Gasteiger partial charge is 0.668 e. The number of pyridine rings is 1. The van der Waals surface area contributed by atoms with Gasteiger partial charge in [0.15, 0.2) is 15.7 Å². The lowest BCUT2D eigenvalue weighted by Gasteiger charge is -2.30. The second-order valence-electron chi connectivity index (χ2n) is 7.42. The minimum atomic E-state index is -3.97. The van der Waals surface area contributed by atoms with E-state index in [1.165, 1.54) is 26.2 Å². The number of hydrogen-bond donors (Lipinski definition) is 2. The number of aryl methyl sites for hydroxylation is 1. The van der Waals surface area contributed by atoms with Crippen LogP contribution in [-0.4, -0.2) is 54.0 Å². The highest BCUT2D eigenvalue weighted by molar-refractivity contribution is 7.92. The van der Waals surface area contributed by atoms with Crippen LogP contribution < -0.4 is 10.3 Å². The fraction of sp³-hybridized carbons (Fsp3) is 0.316. The van der Waals surface area contributed by atoms with Gasteiger partial charge in [-0.1, -0.05) is 5.16 Å². The van der Waals surface area contributed by atoms with Crippen LogP contribution in [0.3, 0.4) is 0 Å². The van der Waals surface area contributed by atoms with Crippen LogP contribution in [0.15, 0.2) is 40.4 Å². The van der Waals surface area contributed by atoms with Crippen LogP contribution >= 0.6 is 0 Å². The number of ether oxygens (including phenoxy) is 1. The Bertz CT molecular complexity index is 1250. The van der Waals surface area contributed by atoms with Crippen molar-refractivity contribution in [1.82, 2.24) is 4.57 Å². The Hall–Kier alpha value is -3.10. The molecule has 14 heteroatoms. The van der Waals surface area contributed by atoms with Gasteiger partial charge in [0.05, 0.1) is 7.11 Å². The summed E-state index contributed by atoms with van der Waals surface area (Å²) in [5.41, 5.74) is -1.15. The van der Waals surface area contributed by atoms with E-state index in [1.807, 2.05) is 0 Å². The minimum absolute atomic E-state index is 0. The number of halogens is 2. The molecule has 0 bridgehead atoms. The highest BCUT2D eigenvalue weighted by Gasteiger charge is 2.48. The van der Waals surface area contributed by atoms with Gasteiger partial charge < -0.3 is 28.8 Å². The van der Waals surface area contributed by atoms with E-state index in [1.54, 1.807) is 0 Å². The van der Waals surface area contributed by atoms with Crippen molar-refractivity contribution in [3.8, 4) is 16.9 Å². The van der Waals surface area contributed by atoms with E-state index >= 15 is 0 Å². The topological polar surface area (TPSA) is 137 Å². The van der Waals surface area contributed by atoms with Gasteiger partial charge in [-0.3, -0.25) is 4.79 Å². The second-order valence-corrected chi connectivity index (χ2v) is 9.86. The number of rotatable bonds is 7. The van der Waals surface area contributed by atoms with Crippen molar-refractivity contribution < 1.29 is 41.4 Å². The lowest BCUT2D eigenvalue weighted by Crippen LogP contribution is -2.48.